The molecule has 78 valence electrons. The molecule has 1 aromatic rings. The molecule has 0 saturated carbocycles. The van der Waals surface area contributed by atoms with Gasteiger partial charge in [0.15, 0.2) is 0 Å². The summed E-state index contributed by atoms with van der Waals surface area (Å²) < 4.78 is 0. The maximum absolute atomic E-state index is 8.83. The van der Waals surface area contributed by atoms with E-state index in [2.05, 4.69) is 17.9 Å². The first kappa shape index (κ1) is 11.0. The lowest BCUT2D eigenvalue weighted by molar-refractivity contribution is 0.197. The van der Waals surface area contributed by atoms with Crippen molar-refractivity contribution in [3.63, 3.8) is 0 Å². The molecule has 3 N–H and O–H groups in total. The Labute approximate surface area is 85.2 Å². The van der Waals surface area contributed by atoms with Crippen molar-refractivity contribution in [3.05, 3.63) is 29.8 Å². The van der Waals surface area contributed by atoms with E-state index in [0.717, 1.165) is 18.8 Å². The van der Waals surface area contributed by atoms with E-state index in [1.54, 1.807) is 0 Å². The molecule has 0 radical (unpaired) electrons. The highest BCUT2D eigenvalue weighted by atomic mass is 16.3. The molecule has 0 unspecified atom stereocenters. The first-order valence-corrected chi connectivity index (χ1v) is 4.94. The Balaban J connectivity index is 2.57. The molecule has 0 fully saturated rings. The molecule has 0 atom stereocenters. The van der Waals surface area contributed by atoms with Crippen LogP contribution in [0, 0.1) is 0 Å². The first-order valence-electron chi connectivity index (χ1n) is 4.94. The van der Waals surface area contributed by atoms with Crippen LogP contribution in [0.25, 0.3) is 0 Å². The highest BCUT2D eigenvalue weighted by Crippen LogP contribution is 2.09. The molecular weight excluding hydrogens is 176 g/mol. The summed E-state index contributed by atoms with van der Waals surface area (Å²) in [6.45, 7) is 4.79. The van der Waals surface area contributed by atoms with Crippen LogP contribution in [0.2, 0.25) is 0 Å². The summed E-state index contributed by atoms with van der Waals surface area (Å²) in [5, 5.41) is 8.83. The fraction of sp³-hybridized carbons (Fsp3) is 0.455. The van der Waals surface area contributed by atoms with Crippen molar-refractivity contribution in [2.45, 2.75) is 13.5 Å². The molecule has 3 heteroatoms. The second-order valence-corrected chi connectivity index (χ2v) is 3.34. The van der Waals surface area contributed by atoms with E-state index in [1.807, 2.05) is 18.2 Å². The van der Waals surface area contributed by atoms with Crippen molar-refractivity contribution < 1.29 is 5.11 Å². The number of hydrogen-bond donors (Lipinski definition) is 2. The van der Waals surface area contributed by atoms with Crippen molar-refractivity contribution in [2.75, 3.05) is 25.4 Å². The Morgan fingerprint density at radius 1 is 1.43 bits per heavy atom. The molecule has 0 saturated heterocycles. The van der Waals surface area contributed by atoms with E-state index >= 15 is 0 Å². The van der Waals surface area contributed by atoms with Crippen LogP contribution >= 0.6 is 0 Å². The summed E-state index contributed by atoms with van der Waals surface area (Å²) in [4.78, 5) is 2.18. The van der Waals surface area contributed by atoms with Gasteiger partial charge in [-0.3, -0.25) is 4.90 Å². The number of benzene rings is 1. The normalized spacial score (nSPS) is 10.8. The topological polar surface area (TPSA) is 49.5 Å². The van der Waals surface area contributed by atoms with Gasteiger partial charge in [-0.2, -0.15) is 0 Å². The summed E-state index contributed by atoms with van der Waals surface area (Å²) in [6.07, 6.45) is 0. The third-order valence-electron chi connectivity index (χ3n) is 2.22. The molecule has 0 aliphatic rings. The monoisotopic (exact) mass is 194 g/mol. The van der Waals surface area contributed by atoms with Crippen LogP contribution in [0.3, 0.4) is 0 Å². The average Bonchev–Trinajstić information content (AvgIpc) is 2.17. The number of nitrogens with two attached hydrogens (primary N) is 1. The number of rotatable bonds is 5. The Kier molecular flexibility index (Phi) is 4.43. The summed E-state index contributed by atoms with van der Waals surface area (Å²) in [5.41, 5.74) is 7.67. The second-order valence-electron chi connectivity index (χ2n) is 3.34. The SMILES string of the molecule is CCN(CCO)Cc1cccc(N)c1. The van der Waals surface area contributed by atoms with Crippen LogP contribution in [0.5, 0.6) is 0 Å². The molecule has 0 aromatic heterocycles. The number of nitrogen functional groups attached to an aromatic ring is 1. The second kappa shape index (κ2) is 5.62. The lowest BCUT2D eigenvalue weighted by Crippen LogP contribution is -2.26. The molecule has 0 amide bonds. The van der Waals surface area contributed by atoms with Crippen molar-refractivity contribution in [2.24, 2.45) is 0 Å². The Morgan fingerprint density at radius 2 is 2.21 bits per heavy atom. The molecule has 0 aliphatic heterocycles. The molecule has 3 nitrogen and oxygen atoms in total. The minimum atomic E-state index is 0.205. The van der Waals surface area contributed by atoms with Crippen LogP contribution in [-0.2, 0) is 6.54 Å². The van der Waals surface area contributed by atoms with Crippen LogP contribution in [0.4, 0.5) is 5.69 Å². The van der Waals surface area contributed by atoms with E-state index < -0.39 is 0 Å². The van der Waals surface area contributed by atoms with E-state index in [0.29, 0.717) is 6.54 Å². The molecule has 14 heavy (non-hydrogen) atoms. The van der Waals surface area contributed by atoms with Gasteiger partial charge in [-0.25, -0.2) is 0 Å². The zero-order valence-corrected chi connectivity index (χ0v) is 8.61. The van der Waals surface area contributed by atoms with E-state index in [9.17, 15) is 0 Å². The zero-order chi connectivity index (χ0) is 10.4. The maximum atomic E-state index is 8.83. The van der Waals surface area contributed by atoms with Gasteiger partial charge in [-0.1, -0.05) is 19.1 Å². The van der Waals surface area contributed by atoms with Gasteiger partial charge >= 0.3 is 0 Å². The predicted molar refractivity (Wildman–Crippen MR) is 58.9 cm³/mol. The number of nitrogens with zero attached hydrogens (tertiary/aromatic N) is 1. The first-order chi connectivity index (χ1) is 6.76. The maximum Gasteiger partial charge on any atom is 0.0558 e. The zero-order valence-electron chi connectivity index (χ0n) is 8.61. The van der Waals surface area contributed by atoms with Crippen LogP contribution in [0.15, 0.2) is 24.3 Å². The third-order valence-corrected chi connectivity index (χ3v) is 2.22. The number of likely N-dealkylation sites (N-methyl/N-ethyl adjacent to an activating group) is 1. The van der Waals surface area contributed by atoms with Gasteiger partial charge in [0.2, 0.25) is 0 Å². The van der Waals surface area contributed by atoms with E-state index in [4.69, 9.17) is 10.8 Å². The molecule has 0 heterocycles. The van der Waals surface area contributed by atoms with Gasteiger partial charge < -0.3 is 10.8 Å². The minimum Gasteiger partial charge on any atom is -0.399 e. The fourth-order valence-electron chi connectivity index (χ4n) is 1.44. The van der Waals surface area contributed by atoms with Crippen molar-refractivity contribution in [1.29, 1.82) is 0 Å². The summed E-state index contributed by atoms with van der Waals surface area (Å²) in [7, 11) is 0. The summed E-state index contributed by atoms with van der Waals surface area (Å²) >= 11 is 0. The predicted octanol–water partition coefficient (Wildman–Crippen LogP) is 1.08. The molecule has 1 aromatic carbocycles. The minimum absolute atomic E-state index is 0.205. The van der Waals surface area contributed by atoms with Gasteiger partial charge in [0.1, 0.15) is 0 Å². The average molecular weight is 194 g/mol. The summed E-state index contributed by atoms with van der Waals surface area (Å²) in [6, 6.07) is 7.86. The molecule has 0 spiro atoms. The van der Waals surface area contributed by atoms with Gasteiger partial charge in [-0.15, -0.1) is 0 Å². The van der Waals surface area contributed by atoms with Crippen molar-refractivity contribution in [3.8, 4) is 0 Å². The third kappa shape index (κ3) is 3.36. The van der Waals surface area contributed by atoms with Gasteiger partial charge in [0.25, 0.3) is 0 Å². The number of hydrogen-bond acceptors (Lipinski definition) is 3. The van der Waals surface area contributed by atoms with E-state index in [1.165, 1.54) is 5.56 Å². The molecule has 1 rings (SSSR count). The summed E-state index contributed by atoms with van der Waals surface area (Å²) in [5.74, 6) is 0. The van der Waals surface area contributed by atoms with Crippen LogP contribution in [0.1, 0.15) is 12.5 Å². The Hall–Kier alpha value is -1.06. The van der Waals surface area contributed by atoms with Crippen molar-refractivity contribution in [1.82, 2.24) is 4.90 Å². The quantitative estimate of drug-likeness (QED) is 0.690. The Bertz CT molecular complexity index is 276. The van der Waals surface area contributed by atoms with Gasteiger partial charge in [-0.05, 0) is 24.2 Å². The number of aliphatic hydroxyl groups excluding tert-OH is 1. The largest absolute Gasteiger partial charge is 0.399 e. The highest BCUT2D eigenvalue weighted by Gasteiger charge is 2.02. The van der Waals surface area contributed by atoms with Crippen LogP contribution in [-0.4, -0.2) is 29.7 Å². The van der Waals surface area contributed by atoms with Gasteiger partial charge in [0, 0.05) is 18.8 Å². The highest BCUT2D eigenvalue weighted by molar-refractivity contribution is 5.40. The molecule has 0 aliphatic carbocycles. The standard InChI is InChI=1S/C11H18N2O/c1-2-13(6-7-14)9-10-4-3-5-11(12)8-10/h3-5,8,14H,2,6-7,9,12H2,1H3. The Morgan fingerprint density at radius 3 is 2.79 bits per heavy atom. The number of anilines is 1. The van der Waals surface area contributed by atoms with E-state index in [-0.39, 0.29) is 6.61 Å². The smallest absolute Gasteiger partial charge is 0.0558 e. The fourth-order valence-corrected chi connectivity index (χ4v) is 1.44. The molecule has 0 bridgehead atoms. The number of aliphatic hydroxyl groups is 1. The van der Waals surface area contributed by atoms with Crippen molar-refractivity contribution >= 4 is 5.69 Å². The van der Waals surface area contributed by atoms with Gasteiger partial charge in [0.05, 0.1) is 6.61 Å². The lowest BCUT2D eigenvalue weighted by Gasteiger charge is -2.19. The molecular formula is C11H18N2O. The van der Waals surface area contributed by atoms with Crippen LogP contribution < -0.4 is 5.73 Å². The lowest BCUT2D eigenvalue weighted by atomic mass is 10.2.